The summed E-state index contributed by atoms with van der Waals surface area (Å²) in [5.41, 5.74) is 1.02. The number of anilines is 1. The van der Waals surface area contributed by atoms with Gasteiger partial charge in [0.15, 0.2) is 0 Å². The van der Waals surface area contributed by atoms with Crippen LogP contribution in [0.2, 0.25) is 0 Å². The van der Waals surface area contributed by atoms with Gasteiger partial charge in [0.2, 0.25) is 0 Å². The molecule has 0 saturated carbocycles. The molecule has 1 aromatic rings. The molecule has 1 rings (SSSR count). The van der Waals surface area contributed by atoms with E-state index in [-0.39, 0.29) is 12.4 Å². The largest absolute Gasteiger partial charge is 0.285 e. The van der Waals surface area contributed by atoms with Gasteiger partial charge in [-0.25, -0.2) is 0 Å². The number of rotatable bonds is 4. The maximum atomic E-state index is 5.96. The predicted octanol–water partition coefficient (Wildman–Crippen LogP) is 3.70. The smallest absolute Gasteiger partial charge is 0.0523 e. The highest BCUT2D eigenvalue weighted by molar-refractivity contribution is 6.25. The first-order chi connectivity index (χ1) is 5.84. The van der Waals surface area contributed by atoms with Gasteiger partial charge in [-0.05, 0) is 18.6 Å². The van der Waals surface area contributed by atoms with Crippen molar-refractivity contribution in [2.24, 2.45) is 0 Å². The SMILES string of the molecule is Cl.ClCCCN(Cl)c1ccccc1. The van der Waals surface area contributed by atoms with Crippen molar-refractivity contribution in [1.29, 1.82) is 0 Å². The molecule has 0 aromatic heterocycles. The maximum Gasteiger partial charge on any atom is 0.0523 e. The van der Waals surface area contributed by atoms with Crippen LogP contribution in [0.4, 0.5) is 5.69 Å². The fourth-order valence-corrected chi connectivity index (χ4v) is 1.27. The number of para-hydroxylation sites is 1. The summed E-state index contributed by atoms with van der Waals surface area (Å²) in [5.74, 6) is 0.649. The van der Waals surface area contributed by atoms with Crippen LogP contribution < -0.4 is 4.42 Å². The fourth-order valence-electron chi connectivity index (χ4n) is 0.917. The number of benzene rings is 1. The van der Waals surface area contributed by atoms with Gasteiger partial charge in [-0.3, -0.25) is 4.42 Å². The molecule has 0 fully saturated rings. The van der Waals surface area contributed by atoms with E-state index in [0.29, 0.717) is 5.88 Å². The van der Waals surface area contributed by atoms with E-state index in [1.807, 2.05) is 30.3 Å². The zero-order valence-electron chi connectivity index (χ0n) is 7.12. The normalized spacial score (nSPS) is 9.08. The second-order valence-electron chi connectivity index (χ2n) is 2.46. The van der Waals surface area contributed by atoms with Gasteiger partial charge in [-0.1, -0.05) is 18.2 Å². The van der Waals surface area contributed by atoms with Crippen LogP contribution in [-0.4, -0.2) is 12.4 Å². The number of halogens is 3. The van der Waals surface area contributed by atoms with Crippen molar-refractivity contribution in [3.05, 3.63) is 30.3 Å². The standard InChI is InChI=1S/C9H11Cl2N.ClH/c10-7-4-8-12(11)9-5-2-1-3-6-9;/h1-3,5-6H,4,7-8H2;1H. The van der Waals surface area contributed by atoms with E-state index in [9.17, 15) is 0 Å². The van der Waals surface area contributed by atoms with Gasteiger partial charge in [0.05, 0.1) is 5.69 Å². The first-order valence-electron chi connectivity index (χ1n) is 3.89. The predicted molar refractivity (Wildman–Crippen MR) is 62.2 cm³/mol. The summed E-state index contributed by atoms with van der Waals surface area (Å²) in [6, 6.07) is 9.84. The van der Waals surface area contributed by atoms with E-state index >= 15 is 0 Å². The van der Waals surface area contributed by atoms with Gasteiger partial charge in [0, 0.05) is 24.2 Å². The first kappa shape index (κ1) is 12.9. The topological polar surface area (TPSA) is 3.24 Å². The molecule has 1 nitrogen and oxygen atoms in total. The molecule has 0 aliphatic rings. The Morgan fingerprint density at radius 2 is 1.77 bits per heavy atom. The lowest BCUT2D eigenvalue weighted by atomic mass is 10.3. The van der Waals surface area contributed by atoms with E-state index < -0.39 is 0 Å². The summed E-state index contributed by atoms with van der Waals surface area (Å²) in [4.78, 5) is 0. The minimum Gasteiger partial charge on any atom is -0.285 e. The van der Waals surface area contributed by atoms with Gasteiger partial charge < -0.3 is 0 Å². The number of nitrogens with zero attached hydrogens (tertiary/aromatic N) is 1. The summed E-state index contributed by atoms with van der Waals surface area (Å²) in [6.45, 7) is 0.787. The van der Waals surface area contributed by atoms with Crippen LogP contribution >= 0.6 is 35.8 Å². The highest BCUT2D eigenvalue weighted by atomic mass is 35.5. The summed E-state index contributed by atoms with van der Waals surface area (Å²) in [6.07, 6.45) is 0.903. The third-order valence-electron chi connectivity index (χ3n) is 1.52. The molecule has 0 atom stereocenters. The number of hydrogen-bond donors (Lipinski definition) is 0. The van der Waals surface area contributed by atoms with Crippen LogP contribution in [0.5, 0.6) is 0 Å². The summed E-state index contributed by atoms with van der Waals surface area (Å²) in [5, 5.41) is 0. The Hall–Kier alpha value is -0.110. The fraction of sp³-hybridized carbons (Fsp3) is 0.333. The van der Waals surface area contributed by atoms with Crippen LogP contribution in [0.15, 0.2) is 30.3 Å². The molecule has 0 aliphatic carbocycles. The summed E-state index contributed by atoms with van der Waals surface area (Å²) < 4.78 is 1.68. The van der Waals surface area contributed by atoms with Gasteiger partial charge in [-0.2, -0.15) is 0 Å². The summed E-state index contributed by atoms with van der Waals surface area (Å²) in [7, 11) is 0. The average molecular weight is 241 g/mol. The monoisotopic (exact) mass is 239 g/mol. The lowest BCUT2D eigenvalue weighted by Crippen LogP contribution is -2.11. The Balaban J connectivity index is 0.00000144. The average Bonchev–Trinajstić information content (AvgIpc) is 2.15. The van der Waals surface area contributed by atoms with Crippen molar-refractivity contribution in [3.8, 4) is 0 Å². The highest BCUT2D eigenvalue weighted by Crippen LogP contribution is 2.15. The highest BCUT2D eigenvalue weighted by Gasteiger charge is 1.99. The van der Waals surface area contributed by atoms with Crippen molar-refractivity contribution in [2.45, 2.75) is 6.42 Å². The van der Waals surface area contributed by atoms with Crippen molar-refractivity contribution < 1.29 is 0 Å². The molecule has 0 N–H and O–H groups in total. The maximum absolute atomic E-state index is 5.96. The zero-order chi connectivity index (χ0) is 8.81. The molecular weight excluding hydrogens is 228 g/mol. The van der Waals surface area contributed by atoms with Crippen molar-refractivity contribution in [2.75, 3.05) is 16.8 Å². The van der Waals surface area contributed by atoms with Gasteiger partial charge in [0.1, 0.15) is 0 Å². The Labute approximate surface area is 95.2 Å². The quantitative estimate of drug-likeness (QED) is 0.573. The van der Waals surface area contributed by atoms with Crippen molar-refractivity contribution in [3.63, 3.8) is 0 Å². The van der Waals surface area contributed by atoms with Crippen LogP contribution in [0.3, 0.4) is 0 Å². The molecule has 0 radical (unpaired) electrons. The molecular formula is C9H12Cl3N. The number of alkyl halides is 1. The van der Waals surface area contributed by atoms with E-state index in [4.69, 9.17) is 23.4 Å². The molecule has 0 heterocycles. The molecule has 13 heavy (non-hydrogen) atoms. The molecule has 0 saturated heterocycles. The molecule has 0 aliphatic heterocycles. The minimum atomic E-state index is 0. The van der Waals surface area contributed by atoms with Crippen LogP contribution in [0.25, 0.3) is 0 Å². The molecule has 4 heteroatoms. The lowest BCUT2D eigenvalue weighted by Gasteiger charge is -2.14. The van der Waals surface area contributed by atoms with E-state index in [0.717, 1.165) is 18.7 Å². The van der Waals surface area contributed by atoms with E-state index in [1.54, 1.807) is 4.42 Å². The van der Waals surface area contributed by atoms with Crippen LogP contribution in [0.1, 0.15) is 6.42 Å². The van der Waals surface area contributed by atoms with E-state index in [1.165, 1.54) is 0 Å². The van der Waals surface area contributed by atoms with E-state index in [2.05, 4.69) is 0 Å². The van der Waals surface area contributed by atoms with Gasteiger partial charge in [-0.15, -0.1) is 24.0 Å². The van der Waals surface area contributed by atoms with Crippen LogP contribution in [0, 0.1) is 0 Å². The van der Waals surface area contributed by atoms with Gasteiger partial charge >= 0.3 is 0 Å². The Morgan fingerprint density at radius 1 is 1.15 bits per heavy atom. The second-order valence-corrected chi connectivity index (χ2v) is 3.25. The van der Waals surface area contributed by atoms with Gasteiger partial charge in [0.25, 0.3) is 0 Å². The molecule has 0 amide bonds. The lowest BCUT2D eigenvalue weighted by molar-refractivity contribution is 0.930. The first-order valence-corrected chi connectivity index (χ1v) is 4.76. The molecule has 0 unspecified atom stereocenters. The van der Waals surface area contributed by atoms with Crippen LogP contribution in [-0.2, 0) is 0 Å². The molecule has 74 valence electrons. The Morgan fingerprint density at radius 3 is 2.31 bits per heavy atom. The number of hydrogen-bond acceptors (Lipinski definition) is 1. The molecule has 1 aromatic carbocycles. The third kappa shape index (κ3) is 4.61. The Bertz CT molecular complexity index is 215. The third-order valence-corrected chi connectivity index (χ3v) is 2.16. The zero-order valence-corrected chi connectivity index (χ0v) is 9.45. The van der Waals surface area contributed by atoms with Crippen molar-refractivity contribution >= 4 is 41.5 Å². The Kier molecular flexibility index (Phi) is 7.25. The summed E-state index contributed by atoms with van der Waals surface area (Å²) >= 11 is 11.5. The minimum absolute atomic E-state index is 0. The molecule has 0 bridgehead atoms. The van der Waals surface area contributed by atoms with Crippen molar-refractivity contribution in [1.82, 2.24) is 0 Å². The second kappa shape index (κ2) is 7.31. The molecule has 0 spiro atoms.